The molecule has 1 unspecified atom stereocenters. The first-order valence-corrected chi connectivity index (χ1v) is 6.18. The third-order valence-electron chi connectivity index (χ3n) is 2.88. The number of amides is 1. The summed E-state index contributed by atoms with van der Waals surface area (Å²) >= 11 is 6.08. The minimum atomic E-state index is -0.451. The monoisotopic (exact) mass is 269 g/mol. The van der Waals surface area contributed by atoms with Crippen molar-refractivity contribution in [2.24, 2.45) is 0 Å². The number of likely N-dealkylation sites (N-methyl/N-ethyl adjacent to an activating group) is 1. The number of aryl methyl sites for hydroxylation is 1. The van der Waals surface area contributed by atoms with Crippen LogP contribution in [0.1, 0.15) is 5.69 Å². The fourth-order valence-electron chi connectivity index (χ4n) is 1.79. The van der Waals surface area contributed by atoms with Crippen LogP contribution in [0.25, 0.3) is 0 Å². The van der Waals surface area contributed by atoms with Crippen molar-refractivity contribution in [2.45, 2.75) is 13.0 Å². The highest BCUT2D eigenvalue weighted by Gasteiger charge is 2.25. The van der Waals surface area contributed by atoms with Crippen LogP contribution in [0.15, 0.2) is 12.3 Å². The second kappa shape index (κ2) is 5.65. The van der Waals surface area contributed by atoms with Crippen LogP contribution in [0, 0.1) is 6.92 Å². The van der Waals surface area contributed by atoms with Gasteiger partial charge in [-0.05, 0) is 20.0 Å². The lowest BCUT2D eigenvalue weighted by Crippen LogP contribution is -2.46. The van der Waals surface area contributed by atoms with Gasteiger partial charge in [0, 0.05) is 19.3 Å². The van der Waals surface area contributed by atoms with Gasteiger partial charge in [0.1, 0.15) is 6.10 Å². The molecule has 1 saturated heterocycles. The van der Waals surface area contributed by atoms with E-state index in [1.165, 1.54) is 0 Å². The van der Waals surface area contributed by atoms with Gasteiger partial charge in [0.15, 0.2) is 0 Å². The van der Waals surface area contributed by atoms with Crippen molar-refractivity contribution in [1.82, 2.24) is 9.88 Å². The summed E-state index contributed by atoms with van der Waals surface area (Å²) < 4.78 is 5.44. The lowest BCUT2D eigenvalue weighted by atomic mass is 10.2. The van der Waals surface area contributed by atoms with Crippen LogP contribution in [-0.4, -0.2) is 48.6 Å². The molecule has 0 aliphatic carbocycles. The van der Waals surface area contributed by atoms with Crippen LogP contribution in [0.4, 0.5) is 5.69 Å². The van der Waals surface area contributed by atoms with Crippen molar-refractivity contribution in [3.63, 3.8) is 0 Å². The predicted molar refractivity (Wildman–Crippen MR) is 69.9 cm³/mol. The van der Waals surface area contributed by atoms with Crippen LogP contribution in [0.5, 0.6) is 0 Å². The zero-order valence-corrected chi connectivity index (χ0v) is 11.2. The molecule has 0 spiro atoms. The number of hydrogen-bond acceptors (Lipinski definition) is 4. The molecule has 0 aromatic carbocycles. The lowest BCUT2D eigenvalue weighted by molar-refractivity contribution is -0.132. The quantitative estimate of drug-likeness (QED) is 0.880. The molecule has 0 bridgehead atoms. The zero-order chi connectivity index (χ0) is 13.1. The van der Waals surface area contributed by atoms with Crippen molar-refractivity contribution in [3.05, 3.63) is 23.0 Å². The molecular weight excluding hydrogens is 254 g/mol. The molecule has 1 N–H and O–H groups in total. The van der Waals surface area contributed by atoms with E-state index in [1.54, 1.807) is 19.2 Å². The average Bonchev–Trinajstić information content (AvgIpc) is 2.35. The van der Waals surface area contributed by atoms with Gasteiger partial charge in [-0.25, -0.2) is 0 Å². The van der Waals surface area contributed by atoms with E-state index < -0.39 is 6.10 Å². The summed E-state index contributed by atoms with van der Waals surface area (Å²) in [6, 6.07) is 1.68. The van der Waals surface area contributed by atoms with E-state index in [1.807, 2.05) is 7.05 Å². The molecule has 1 fully saturated rings. The summed E-state index contributed by atoms with van der Waals surface area (Å²) in [5.74, 6) is -0.172. The maximum atomic E-state index is 12.0. The third-order valence-corrected chi connectivity index (χ3v) is 3.36. The van der Waals surface area contributed by atoms with E-state index >= 15 is 0 Å². The van der Waals surface area contributed by atoms with E-state index in [0.29, 0.717) is 29.6 Å². The van der Waals surface area contributed by atoms with Crippen molar-refractivity contribution in [1.29, 1.82) is 0 Å². The first kappa shape index (κ1) is 13.3. The summed E-state index contributed by atoms with van der Waals surface area (Å²) in [6.45, 7) is 3.80. The van der Waals surface area contributed by atoms with Crippen molar-refractivity contribution in [3.8, 4) is 0 Å². The van der Waals surface area contributed by atoms with Crippen LogP contribution in [-0.2, 0) is 9.53 Å². The maximum absolute atomic E-state index is 12.0. The smallest absolute Gasteiger partial charge is 0.254 e. The molecule has 1 aromatic heterocycles. The summed E-state index contributed by atoms with van der Waals surface area (Å²) in [4.78, 5) is 18.1. The molecule has 5 nitrogen and oxygen atoms in total. The average molecular weight is 270 g/mol. The normalized spacial score (nSPS) is 20.7. The van der Waals surface area contributed by atoms with Crippen LogP contribution in [0.3, 0.4) is 0 Å². The number of morpholine rings is 1. The molecule has 1 aliphatic rings. The summed E-state index contributed by atoms with van der Waals surface area (Å²) in [6.07, 6.45) is 1.17. The fourth-order valence-corrected chi connectivity index (χ4v) is 1.95. The number of halogens is 1. The minimum Gasteiger partial charge on any atom is -0.366 e. The Hall–Kier alpha value is -1.17. The van der Waals surface area contributed by atoms with E-state index in [2.05, 4.69) is 15.2 Å². The maximum Gasteiger partial charge on any atom is 0.254 e. The van der Waals surface area contributed by atoms with Crippen molar-refractivity contribution >= 4 is 23.2 Å². The molecule has 2 rings (SSSR count). The Balaban J connectivity index is 2.04. The van der Waals surface area contributed by atoms with Gasteiger partial charge in [-0.2, -0.15) is 0 Å². The number of anilines is 1. The molecule has 1 aliphatic heterocycles. The number of nitrogens with one attached hydrogen (secondary N) is 1. The van der Waals surface area contributed by atoms with Crippen LogP contribution >= 0.6 is 11.6 Å². The van der Waals surface area contributed by atoms with E-state index in [0.717, 1.165) is 6.54 Å². The Morgan fingerprint density at radius 1 is 1.67 bits per heavy atom. The van der Waals surface area contributed by atoms with E-state index in [9.17, 15) is 4.79 Å². The lowest BCUT2D eigenvalue weighted by Gasteiger charge is -2.29. The molecule has 0 saturated carbocycles. The number of hydrogen-bond donors (Lipinski definition) is 1. The van der Waals surface area contributed by atoms with E-state index in [-0.39, 0.29) is 5.91 Å². The summed E-state index contributed by atoms with van der Waals surface area (Å²) in [7, 11) is 1.96. The Labute approximate surface area is 111 Å². The Kier molecular flexibility index (Phi) is 4.16. The zero-order valence-electron chi connectivity index (χ0n) is 10.4. The molecule has 1 atom stereocenters. The molecule has 1 amide bonds. The minimum absolute atomic E-state index is 0.172. The molecule has 1 aromatic rings. The van der Waals surface area contributed by atoms with Gasteiger partial charge in [-0.3, -0.25) is 9.78 Å². The molecule has 0 radical (unpaired) electrons. The number of nitrogens with zero attached hydrogens (tertiary/aromatic N) is 2. The van der Waals surface area contributed by atoms with Gasteiger partial charge in [0.2, 0.25) is 0 Å². The number of aromatic nitrogens is 1. The molecule has 6 heteroatoms. The Bertz CT molecular complexity index is 453. The Morgan fingerprint density at radius 2 is 2.44 bits per heavy atom. The van der Waals surface area contributed by atoms with E-state index in [4.69, 9.17) is 16.3 Å². The van der Waals surface area contributed by atoms with Gasteiger partial charge in [-0.1, -0.05) is 11.6 Å². The van der Waals surface area contributed by atoms with Gasteiger partial charge in [0.05, 0.1) is 23.0 Å². The number of ether oxygens (including phenoxy) is 1. The van der Waals surface area contributed by atoms with Gasteiger partial charge in [-0.15, -0.1) is 0 Å². The fraction of sp³-hybridized carbons (Fsp3) is 0.500. The Morgan fingerprint density at radius 3 is 3.17 bits per heavy atom. The third kappa shape index (κ3) is 2.98. The standard InChI is InChI=1S/C12H16ClN3O2/c1-8-11(13)9(3-4-14-8)15-12(17)10-7-16(2)5-6-18-10/h3-4,10H,5-7H2,1-2H3,(H,14,15,17). The van der Waals surface area contributed by atoms with Crippen molar-refractivity contribution < 1.29 is 9.53 Å². The predicted octanol–water partition coefficient (Wildman–Crippen LogP) is 1.31. The highest BCUT2D eigenvalue weighted by Crippen LogP contribution is 2.23. The molecule has 2 heterocycles. The highest BCUT2D eigenvalue weighted by molar-refractivity contribution is 6.34. The van der Waals surface area contributed by atoms with Gasteiger partial charge in [0.25, 0.3) is 5.91 Å². The summed E-state index contributed by atoms with van der Waals surface area (Å²) in [5, 5.41) is 3.25. The largest absolute Gasteiger partial charge is 0.366 e. The number of carbonyl (C=O) groups excluding carboxylic acids is 1. The highest BCUT2D eigenvalue weighted by atomic mass is 35.5. The van der Waals surface area contributed by atoms with Gasteiger partial charge >= 0.3 is 0 Å². The first-order chi connectivity index (χ1) is 8.58. The number of rotatable bonds is 2. The topological polar surface area (TPSA) is 54.5 Å². The van der Waals surface area contributed by atoms with Crippen LogP contribution in [0.2, 0.25) is 5.02 Å². The number of pyridine rings is 1. The number of carbonyl (C=O) groups is 1. The first-order valence-electron chi connectivity index (χ1n) is 5.80. The second-order valence-electron chi connectivity index (χ2n) is 4.37. The van der Waals surface area contributed by atoms with Crippen molar-refractivity contribution in [2.75, 3.05) is 32.1 Å². The molecule has 18 heavy (non-hydrogen) atoms. The molecule has 98 valence electrons. The van der Waals surface area contributed by atoms with Gasteiger partial charge < -0.3 is 15.0 Å². The molecular formula is C12H16ClN3O2. The summed E-state index contributed by atoms with van der Waals surface area (Å²) in [5.41, 5.74) is 1.27. The SMILES string of the molecule is Cc1nccc(NC(=O)C2CN(C)CCO2)c1Cl. The second-order valence-corrected chi connectivity index (χ2v) is 4.75. The van der Waals surface area contributed by atoms with Crippen LogP contribution < -0.4 is 5.32 Å².